The maximum absolute atomic E-state index is 14.3. The van der Waals surface area contributed by atoms with Crippen molar-refractivity contribution in [3.63, 3.8) is 0 Å². The number of hydrogen-bond acceptors (Lipinski definition) is 4. The second kappa shape index (κ2) is 9.23. The zero-order valence-corrected chi connectivity index (χ0v) is 17.1. The van der Waals surface area contributed by atoms with Crippen LogP contribution in [0.25, 0.3) is 22.5 Å². The molecule has 1 aromatic carbocycles. The van der Waals surface area contributed by atoms with E-state index >= 15 is 0 Å². The normalized spacial score (nSPS) is 12.8. The Hall–Kier alpha value is -4.02. The topological polar surface area (TPSA) is 112 Å². The highest BCUT2D eigenvalue weighted by atomic mass is 19.4. The van der Waals surface area contributed by atoms with E-state index in [0.717, 1.165) is 23.4 Å². The Bertz CT molecular complexity index is 1230. The molecule has 7 nitrogen and oxygen atoms in total. The quantitative estimate of drug-likeness (QED) is 0.402. The molecule has 1 aliphatic heterocycles. The zero-order valence-electron chi connectivity index (χ0n) is 17.1. The predicted octanol–water partition coefficient (Wildman–Crippen LogP) is 4.00. The van der Waals surface area contributed by atoms with E-state index in [1.807, 2.05) is 0 Å². The van der Waals surface area contributed by atoms with Crippen molar-refractivity contribution in [2.24, 2.45) is 0 Å². The van der Waals surface area contributed by atoms with Crippen molar-refractivity contribution in [1.82, 2.24) is 15.3 Å². The summed E-state index contributed by atoms with van der Waals surface area (Å²) < 4.78 is 46.0. The van der Waals surface area contributed by atoms with Crippen molar-refractivity contribution in [1.29, 1.82) is 0 Å². The van der Waals surface area contributed by atoms with Gasteiger partial charge in [-0.15, -0.1) is 0 Å². The number of rotatable bonds is 3. The third-order valence-electron chi connectivity index (χ3n) is 4.77. The van der Waals surface area contributed by atoms with E-state index < -0.39 is 18.0 Å². The molecule has 33 heavy (non-hydrogen) atoms. The maximum atomic E-state index is 14.3. The molecule has 1 amide bonds. The number of carboxylic acids is 1. The molecule has 0 saturated heterocycles. The first-order valence-corrected chi connectivity index (χ1v) is 9.55. The molecule has 11 heteroatoms. The number of halogens is 4. The van der Waals surface area contributed by atoms with Crippen LogP contribution in [0.15, 0.2) is 42.6 Å². The number of aromatic nitrogens is 2. The first kappa shape index (κ1) is 23.6. The van der Waals surface area contributed by atoms with Gasteiger partial charge in [-0.3, -0.25) is 14.6 Å². The van der Waals surface area contributed by atoms with Crippen LogP contribution in [0.2, 0.25) is 0 Å². The Morgan fingerprint density at radius 3 is 2.39 bits per heavy atom. The molecule has 2 aromatic heterocycles. The number of carbonyl (C=O) groups is 3. The van der Waals surface area contributed by atoms with Gasteiger partial charge in [0, 0.05) is 47.2 Å². The molecule has 0 unspecified atom stereocenters. The summed E-state index contributed by atoms with van der Waals surface area (Å²) >= 11 is 0. The van der Waals surface area contributed by atoms with Gasteiger partial charge in [0.15, 0.2) is 5.78 Å². The molecular formula is C22H17F4N3O4. The average Bonchev–Trinajstić information content (AvgIpc) is 3.20. The number of pyridine rings is 1. The molecule has 1 aliphatic rings. The lowest BCUT2D eigenvalue weighted by Crippen LogP contribution is -2.31. The first-order valence-electron chi connectivity index (χ1n) is 9.55. The molecule has 172 valence electrons. The molecular weight excluding hydrogens is 446 g/mol. The summed E-state index contributed by atoms with van der Waals surface area (Å²) in [6.07, 6.45) is -2.75. The first-order chi connectivity index (χ1) is 15.5. The van der Waals surface area contributed by atoms with Crippen LogP contribution in [-0.4, -0.2) is 45.5 Å². The third-order valence-corrected chi connectivity index (χ3v) is 4.77. The number of amides is 1. The molecule has 0 aliphatic carbocycles. The Kier molecular flexibility index (Phi) is 6.61. The van der Waals surface area contributed by atoms with Crippen molar-refractivity contribution >= 4 is 17.7 Å². The summed E-state index contributed by atoms with van der Waals surface area (Å²) in [5.41, 5.74) is 4.24. The van der Waals surface area contributed by atoms with E-state index in [1.54, 1.807) is 24.4 Å². The van der Waals surface area contributed by atoms with E-state index in [0.29, 0.717) is 23.4 Å². The van der Waals surface area contributed by atoms with E-state index in [9.17, 15) is 27.2 Å². The van der Waals surface area contributed by atoms with E-state index in [4.69, 9.17) is 9.90 Å². The highest BCUT2D eigenvalue weighted by Gasteiger charge is 2.38. The Balaban J connectivity index is 0.000000383. The summed E-state index contributed by atoms with van der Waals surface area (Å²) in [5, 5.41) is 9.94. The van der Waals surface area contributed by atoms with E-state index in [-0.39, 0.29) is 17.3 Å². The standard InChI is InChI=1S/C20H16FN3O2.C2HF3O2/c1-11(25)12-2-3-16(21)14(8-12)19-9-13(4-6-22-19)18-10-15-17(24-18)5-7-23-20(15)26;3-2(4,5)1(6)7/h2-4,6,8-10,24H,5,7H2,1H3,(H,23,26);(H,6,7). The van der Waals surface area contributed by atoms with Gasteiger partial charge in [-0.05, 0) is 43.3 Å². The van der Waals surface area contributed by atoms with Gasteiger partial charge in [0.05, 0.1) is 11.3 Å². The number of Topliss-reactive ketones (excluding diaryl/α,β-unsaturated/α-hetero) is 1. The van der Waals surface area contributed by atoms with Crippen LogP contribution in [0.4, 0.5) is 17.6 Å². The van der Waals surface area contributed by atoms with Gasteiger partial charge in [0.2, 0.25) is 0 Å². The number of nitrogens with one attached hydrogen (secondary N) is 2. The molecule has 0 saturated carbocycles. The number of ketones is 1. The summed E-state index contributed by atoms with van der Waals surface area (Å²) in [7, 11) is 0. The largest absolute Gasteiger partial charge is 0.490 e. The predicted molar refractivity (Wildman–Crippen MR) is 109 cm³/mol. The summed E-state index contributed by atoms with van der Waals surface area (Å²) in [4.78, 5) is 39.9. The van der Waals surface area contributed by atoms with Gasteiger partial charge in [-0.1, -0.05) is 0 Å². The minimum Gasteiger partial charge on any atom is -0.475 e. The summed E-state index contributed by atoms with van der Waals surface area (Å²) in [6.45, 7) is 2.05. The highest BCUT2D eigenvalue weighted by Crippen LogP contribution is 2.29. The minimum absolute atomic E-state index is 0.0942. The number of nitrogens with zero attached hydrogens (tertiary/aromatic N) is 1. The van der Waals surface area contributed by atoms with Crippen molar-refractivity contribution in [3.05, 3.63) is 65.2 Å². The molecule has 3 aromatic rings. The van der Waals surface area contributed by atoms with Gasteiger partial charge in [-0.25, -0.2) is 9.18 Å². The highest BCUT2D eigenvalue weighted by molar-refractivity contribution is 5.98. The fourth-order valence-electron chi connectivity index (χ4n) is 3.13. The Morgan fingerprint density at radius 1 is 1.09 bits per heavy atom. The molecule has 0 fully saturated rings. The van der Waals surface area contributed by atoms with Crippen molar-refractivity contribution in [3.8, 4) is 22.5 Å². The lowest BCUT2D eigenvalue weighted by atomic mass is 10.0. The molecule has 3 N–H and O–H groups in total. The van der Waals surface area contributed by atoms with Crippen LogP contribution in [-0.2, 0) is 11.2 Å². The van der Waals surface area contributed by atoms with Gasteiger partial charge in [0.1, 0.15) is 5.82 Å². The Labute approximate surface area is 184 Å². The molecule has 4 rings (SSSR count). The molecule has 0 bridgehead atoms. The van der Waals surface area contributed by atoms with Crippen LogP contribution in [0.5, 0.6) is 0 Å². The summed E-state index contributed by atoms with van der Waals surface area (Å²) in [5.74, 6) is -3.42. The average molecular weight is 463 g/mol. The number of fused-ring (bicyclic) bond motifs is 1. The number of aliphatic carboxylic acids is 1. The van der Waals surface area contributed by atoms with Crippen LogP contribution in [0, 0.1) is 5.82 Å². The lowest BCUT2D eigenvalue weighted by Gasteiger charge is -2.11. The Morgan fingerprint density at radius 2 is 1.79 bits per heavy atom. The fraction of sp³-hybridized carbons (Fsp3) is 0.182. The molecule has 0 radical (unpaired) electrons. The lowest BCUT2D eigenvalue weighted by molar-refractivity contribution is -0.192. The number of carboxylic acid groups (broad SMARTS) is 1. The van der Waals surface area contributed by atoms with Crippen LogP contribution in [0.1, 0.15) is 33.3 Å². The second-order valence-corrected chi connectivity index (χ2v) is 7.06. The maximum Gasteiger partial charge on any atom is 0.490 e. The number of carbonyl (C=O) groups excluding carboxylic acids is 2. The van der Waals surface area contributed by atoms with Gasteiger partial charge in [0.25, 0.3) is 5.91 Å². The molecule has 3 heterocycles. The van der Waals surface area contributed by atoms with Crippen molar-refractivity contribution < 1.29 is 37.1 Å². The monoisotopic (exact) mass is 463 g/mol. The van der Waals surface area contributed by atoms with Crippen molar-refractivity contribution in [2.75, 3.05) is 6.54 Å². The fourth-order valence-corrected chi connectivity index (χ4v) is 3.13. The third kappa shape index (κ3) is 5.43. The van der Waals surface area contributed by atoms with Crippen molar-refractivity contribution in [2.45, 2.75) is 19.5 Å². The number of alkyl halides is 3. The smallest absolute Gasteiger partial charge is 0.475 e. The van der Waals surface area contributed by atoms with E-state index in [1.165, 1.54) is 25.1 Å². The van der Waals surface area contributed by atoms with Crippen LogP contribution < -0.4 is 5.32 Å². The number of H-pyrrole nitrogens is 1. The molecule has 0 atom stereocenters. The second-order valence-electron chi connectivity index (χ2n) is 7.06. The van der Waals surface area contributed by atoms with Crippen LogP contribution in [0.3, 0.4) is 0 Å². The SMILES string of the molecule is CC(=O)c1ccc(F)c(-c2cc(-c3cc4c([nH]3)CCNC4=O)ccn2)c1.O=C(O)C(F)(F)F. The van der Waals surface area contributed by atoms with Gasteiger partial charge >= 0.3 is 12.1 Å². The minimum atomic E-state index is -5.08. The molecule has 0 spiro atoms. The zero-order chi connectivity index (χ0) is 24.3. The number of aromatic amines is 1. The van der Waals surface area contributed by atoms with E-state index in [2.05, 4.69) is 15.3 Å². The van der Waals surface area contributed by atoms with Crippen LogP contribution >= 0.6 is 0 Å². The van der Waals surface area contributed by atoms with Gasteiger partial charge < -0.3 is 15.4 Å². The number of hydrogen-bond donors (Lipinski definition) is 3. The summed E-state index contributed by atoms with van der Waals surface area (Å²) in [6, 6.07) is 9.59. The number of benzene rings is 1. The van der Waals surface area contributed by atoms with Gasteiger partial charge in [-0.2, -0.15) is 13.2 Å².